The van der Waals surface area contributed by atoms with Crippen LogP contribution in [-0.2, 0) is 6.61 Å². The summed E-state index contributed by atoms with van der Waals surface area (Å²) in [6, 6.07) is 9.92. The average molecular weight is 288 g/mol. The zero-order valence-electron chi connectivity index (χ0n) is 11.9. The number of methoxy groups -OCH3 is 1. The van der Waals surface area contributed by atoms with Gasteiger partial charge < -0.3 is 15.2 Å². The van der Waals surface area contributed by atoms with Crippen molar-refractivity contribution >= 4 is 5.84 Å². The lowest BCUT2D eigenvalue weighted by Crippen LogP contribution is -2.11. The summed E-state index contributed by atoms with van der Waals surface area (Å²) in [6.45, 7) is 2.16. The monoisotopic (exact) mass is 288 g/mol. The molecule has 2 rings (SSSR count). The van der Waals surface area contributed by atoms with Gasteiger partial charge in [0.25, 0.3) is 0 Å². The summed E-state index contributed by atoms with van der Waals surface area (Å²) in [5.41, 5.74) is 7.55. The van der Waals surface area contributed by atoms with Crippen LogP contribution in [0.15, 0.2) is 36.4 Å². The topological polar surface area (TPSA) is 68.3 Å². The molecule has 0 amide bonds. The van der Waals surface area contributed by atoms with Crippen LogP contribution >= 0.6 is 0 Å². The van der Waals surface area contributed by atoms with Gasteiger partial charge in [-0.2, -0.15) is 0 Å². The zero-order valence-corrected chi connectivity index (χ0v) is 11.9. The Morgan fingerprint density at radius 1 is 1.19 bits per heavy atom. The molecule has 21 heavy (non-hydrogen) atoms. The van der Waals surface area contributed by atoms with Crippen molar-refractivity contribution < 1.29 is 13.9 Å². The summed E-state index contributed by atoms with van der Waals surface area (Å²) >= 11 is 0. The Morgan fingerprint density at radius 3 is 2.52 bits per heavy atom. The fourth-order valence-electron chi connectivity index (χ4n) is 1.96. The first-order chi connectivity index (χ1) is 10.0. The van der Waals surface area contributed by atoms with E-state index in [9.17, 15) is 4.39 Å². The lowest BCUT2D eigenvalue weighted by atomic mass is 10.1. The molecule has 0 unspecified atom stereocenters. The van der Waals surface area contributed by atoms with Gasteiger partial charge in [-0.05, 0) is 37.3 Å². The summed E-state index contributed by atoms with van der Waals surface area (Å²) in [7, 11) is 1.58. The molecule has 3 N–H and O–H groups in total. The van der Waals surface area contributed by atoms with Gasteiger partial charge in [-0.1, -0.05) is 11.6 Å². The van der Waals surface area contributed by atoms with Crippen molar-refractivity contribution in [1.29, 1.82) is 5.41 Å². The number of aryl methyl sites for hydroxylation is 1. The number of ether oxygens (including phenoxy) is 2. The molecule has 2 aromatic carbocycles. The smallest absolute Gasteiger partial charge is 0.165 e. The zero-order chi connectivity index (χ0) is 15.4. The van der Waals surface area contributed by atoms with Crippen molar-refractivity contribution in [3.05, 3.63) is 58.9 Å². The second-order valence-electron chi connectivity index (χ2n) is 4.66. The van der Waals surface area contributed by atoms with E-state index >= 15 is 0 Å². The minimum atomic E-state index is -0.547. The van der Waals surface area contributed by atoms with Crippen LogP contribution in [-0.4, -0.2) is 12.9 Å². The SMILES string of the molecule is COc1ccc(C)cc1COc1ccc(C(=N)N)cc1F. The van der Waals surface area contributed by atoms with E-state index in [1.807, 2.05) is 25.1 Å². The molecule has 0 aromatic heterocycles. The van der Waals surface area contributed by atoms with Crippen LogP contribution in [0.2, 0.25) is 0 Å². The van der Waals surface area contributed by atoms with Gasteiger partial charge in [-0.25, -0.2) is 4.39 Å². The Labute approximate surface area is 122 Å². The number of halogens is 1. The van der Waals surface area contributed by atoms with Gasteiger partial charge >= 0.3 is 0 Å². The molecule has 2 aromatic rings. The maximum atomic E-state index is 13.9. The Hall–Kier alpha value is -2.56. The van der Waals surface area contributed by atoms with Gasteiger partial charge in [-0.3, -0.25) is 5.41 Å². The second-order valence-corrected chi connectivity index (χ2v) is 4.66. The minimum Gasteiger partial charge on any atom is -0.496 e. The molecule has 0 spiro atoms. The highest BCUT2D eigenvalue weighted by atomic mass is 19.1. The molecule has 0 saturated heterocycles. The number of amidine groups is 1. The van der Waals surface area contributed by atoms with Gasteiger partial charge in [0.2, 0.25) is 0 Å². The number of hydrogen-bond donors (Lipinski definition) is 2. The lowest BCUT2D eigenvalue weighted by molar-refractivity contribution is 0.282. The standard InChI is InChI=1S/C16H17FN2O2/c1-10-3-5-14(20-2)12(7-10)9-21-15-6-4-11(16(18)19)8-13(15)17/h3-8H,9H2,1-2H3,(H3,18,19). The summed E-state index contributed by atoms with van der Waals surface area (Å²) < 4.78 is 24.6. The molecule has 0 heterocycles. The van der Waals surface area contributed by atoms with Crippen LogP contribution in [0.3, 0.4) is 0 Å². The fourth-order valence-corrected chi connectivity index (χ4v) is 1.96. The predicted octanol–water partition coefficient (Wildman–Crippen LogP) is 3.01. The number of rotatable bonds is 5. The van der Waals surface area contributed by atoms with E-state index in [0.717, 1.165) is 11.1 Å². The fraction of sp³-hybridized carbons (Fsp3) is 0.188. The highest BCUT2D eigenvalue weighted by molar-refractivity contribution is 5.95. The molecule has 0 fully saturated rings. The number of nitrogens with two attached hydrogens (primary N) is 1. The van der Waals surface area contributed by atoms with Gasteiger partial charge in [0.1, 0.15) is 18.2 Å². The normalized spacial score (nSPS) is 10.2. The van der Waals surface area contributed by atoms with E-state index in [0.29, 0.717) is 11.3 Å². The molecule has 0 aliphatic rings. The van der Waals surface area contributed by atoms with Crippen molar-refractivity contribution in [2.24, 2.45) is 5.73 Å². The maximum absolute atomic E-state index is 13.9. The molecule has 0 radical (unpaired) electrons. The van der Waals surface area contributed by atoms with Crippen LogP contribution in [0.1, 0.15) is 16.7 Å². The molecule has 5 heteroatoms. The lowest BCUT2D eigenvalue weighted by Gasteiger charge is -2.12. The van der Waals surface area contributed by atoms with Crippen LogP contribution in [0, 0.1) is 18.2 Å². The Kier molecular flexibility index (Phi) is 4.42. The highest BCUT2D eigenvalue weighted by Crippen LogP contribution is 2.24. The third kappa shape index (κ3) is 3.51. The highest BCUT2D eigenvalue weighted by Gasteiger charge is 2.09. The molecular weight excluding hydrogens is 271 g/mol. The summed E-state index contributed by atoms with van der Waals surface area (Å²) in [5.74, 6) is 0.0834. The number of nitrogen functional groups attached to an aromatic ring is 1. The number of hydrogen-bond acceptors (Lipinski definition) is 3. The summed E-state index contributed by atoms with van der Waals surface area (Å²) in [5, 5.41) is 7.27. The molecule has 0 aliphatic carbocycles. The first kappa shape index (κ1) is 14.8. The molecule has 110 valence electrons. The third-order valence-corrected chi connectivity index (χ3v) is 3.06. The van der Waals surface area contributed by atoms with Crippen LogP contribution in [0.4, 0.5) is 4.39 Å². The van der Waals surface area contributed by atoms with E-state index in [2.05, 4.69) is 0 Å². The molecule has 0 aliphatic heterocycles. The Balaban J connectivity index is 2.17. The predicted molar refractivity (Wildman–Crippen MR) is 79.5 cm³/mol. The largest absolute Gasteiger partial charge is 0.496 e. The maximum Gasteiger partial charge on any atom is 0.165 e. The van der Waals surface area contributed by atoms with Gasteiger partial charge in [0, 0.05) is 11.1 Å². The quantitative estimate of drug-likeness (QED) is 0.656. The number of benzene rings is 2. The first-order valence-electron chi connectivity index (χ1n) is 6.41. The van der Waals surface area contributed by atoms with E-state index < -0.39 is 5.82 Å². The van der Waals surface area contributed by atoms with E-state index in [4.69, 9.17) is 20.6 Å². The second kappa shape index (κ2) is 6.26. The van der Waals surface area contributed by atoms with E-state index in [1.54, 1.807) is 13.2 Å². The van der Waals surface area contributed by atoms with E-state index in [1.165, 1.54) is 12.1 Å². The Morgan fingerprint density at radius 2 is 1.90 bits per heavy atom. The first-order valence-corrected chi connectivity index (χ1v) is 6.41. The average Bonchev–Trinajstić information content (AvgIpc) is 2.46. The summed E-state index contributed by atoms with van der Waals surface area (Å²) in [6.07, 6.45) is 0. The Bertz CT molecular complexity index is 671. The molecule has 4 nitrogen and oxygen atoms in total. The van der Waals surface area contributed by atoms with Crippen molar-refractivity contribution in [2.75, 3.05) is 7.11 Å². The van der Waals surface area contributed by atoms with Gasteiger partial charge in [0.05, 0.1) is 7.11 Å². The minimum absolute atomic E-state index is 0.114. The van der Waals surface area contributed by atoms with Gasteiger partial charge in [0.15, 0.2) is 11.6 Å². The molecule has 0 atom stereocenters. The van der Waals surface area contributed by atoms with Crippen LogP contribution in [0.25, 0.3) is 0 Å². The van der Waals surface area contributed by atoms with Crippen molar-refractivity contribution in [2.45, 2.75) is 13.5 Å². The van der Waals surface area contributed by atoms with Crippen LogP contribution in [0.5, 0.6) is 11.5 Å². The molecular formula is C16H17FN2O2. The van der Waals surface area contributed by atoms with Crippen LogP contribution < -0.4 is 15.2 Å². The van der Waals surface area contributed by atoms with Gasteiger partial charge in [-0.15, -0.1) is 0 Å². The van der Waals surface area contributed by atoms with Crippen molar-refractivity contribution in [3.63, 3.8) is 0 Å². The number of nitrogens with one attached hydrogen (secondary N) is 1. The van der Waals surface area contributed by atoms with E-state index in [-0.39, 0.29) is 18.2 Å². The third-order valence-electron chi connectivity index (χ3n) is 3.06. The van der Waals surface area contributed by atoms with Crippen molar-refractivity contribution in [3.8, 4) is 11.5 Å². The molecule has 0 saturated carbocycles. The summed E-state index contributed by atoms with van der Waals surface area (Å²) in [4.78, 5) is 0. The molecule has 0 bridgehead atoms. The van der Waals surface area contributed by atoms with Crippen molar-refractivity contribution in [1.82, 2.24) is 0 Å².